The minimum atomic E-state index is -0.995. The van der Waals surface area contributed by atoms with E-state index in [-0.39, 0.29) is 64.6 Å². The molecular formula is C33H31N3O8. The van der Waals surface area contributed by atoms with E-state index in [1.807, 2.05) is 9.80 Å². The number of hydrogen-bond acceptors (Lipinski definition) is 11. The van der Waals surface area contributed by atoms with Crippen molar-refractivity contribution in [2.75, 3.05) is 27.9 Å². The van der Waals surface area contributed by atoms with Gasteiger partial charge in [-0.15, -0.1) is 0 Å². The molecule has 11 heteroatoms. The second-order valence-corrected chi connectivity index (χ2v) is 11.6. The molecule has 5 aliphatic rings. The number of fused-ring (bicyclic) bond motifs is 5. The van der Waals surface area contributed by atoms with Crippen molar-refractivity contribution >= 4 is 29.1 Å². The molecule has 0 unspecified atom stereocenters. The number of methoxy groups -OCH3 is 2. The number of allylic oxidation sites excluding steroid dienone is 4. The SMILES string of the molecule is COC1=C(C)C(=O)C2=C(C1=O)[C@@H]1[C@@H]3CC4=C(C(=O)C(OC)=C(C)C4=O)[C@H](COC(=O)c4ccccc4)N3[C@@H](C#N)[C@H](C2)N1C. The van der Waals surface area contributed by atoms with Crippen LogP contribution in [-0.2, 0) is 33.4 Å². The summed E-state index contributed by atoms with van der Waals surface area (Å²) in [5.41, 5.74) is 1.62. The van der Waals surface area contributed by atoms with Gasteiger partial charge in [-0.25, -0.2) is 4.79 Å². The molecule has 0 spiro atoms. The van der Waals surface area contributed by atoms with Crippen LogP contribution in [0.2, 0.25) is 0 Å². The van der Waals surface area contributed by atoms with Crippen molar-refractivity contribution < 1.29 is 38.2 Å². The second kappa shape index (κ2) is 10.8. The van der Waals surface area contributed by atoms with Gasteiger partial charge in [0.25, 0.3) is 0 Å². The summed E-state index contributed by atoms with van der Waals surface area (Å²) in [5, 5.41) is 10.6. The number of Topliss-reactive ketones (excluding diaryl/α,β-unsaturated/α-hetero) is 4. The summed E-state index contributed by atoms with van der Waals surface area (Å²) in [6.07, 6.45) is 0.154. The first kappa shape index (κ1) is 29.4. The van der Waals surface area contributed by atoms with Crippen molar-refractivity contribution in [3.8, 4) is 6.07 Å². The highest BCUT2D eigenvalue weighted by Crippen LogP contribution is 2.49. The lowest BCUT2D eigenvalue weighted by Gasteiger charge is -2.60. The van der Waals surface area contributed by atoms with Crippen LogP contribution >= 0.6 is 0 Å². The third kappa shape index (κ3) is 4.05. The van der Waals surface area contributed by atoms with Gasteiger partial charge in [-0.2, -0.15) is 5.26 Å². The molecule has 1 aromatic rings. The van der Waals surface area contributed by atoms with E-state index in [9.17, 15) is 29.2 Å². The molecule has 6 rings (SSSR count). The van der Waals surface area contributed by atoms with Gasteiger partial charge in [0.2, 0.25) is 11.6 Å². The minimum Gasteiger partial charge on any atom is -0.492 e. The molecule has 11 nitrogen and oxygen atoms in total. The molecule has 5 atom stereocenters. The van der Waals surface area contributed by atoms with Gasteiger partial charge in [-0.05, 0) is 45.9 Å². The Balaban J connectivity index is 1.51. The summed E-state index contributed by atoms with van der Waals surface area (Å²) >= 11 is 0. The molecular weight excluding hydrogens is 566 g/mol. The van der Waals surface area contributed by atoms with Crippen molar-refractivity contribution in [1.29, 1.82) is 5.26 Å². The predicted molar refractivity (Wildman–Crippen MR) is 154 cm³/mol. The van der Waals surface area contributed by atoms with Gasteiger partial charge in [0, 0.05) is 45.5 Å². The van der Waals surface area contributed by atoms with Crippen molar-refractivity contribution in [1.82, 2.24) is 9.80 Å². The van der Waals surface area contributed by atoms with Crippen LogP contribution in [0.1, 0.15) is 37.0 Å². The Bertz CT molecular complexity index is 1710. The number of benzene rings is 1. The highest BCUT2D eigenvalue weighted by Gasteiger charge is 2.60. The van der Waals surface area contributed by atoms with Crippen LogP contribution in [0.3, 0.4) is 0 Å². The molecule has 1 saturated heterocycles. The number of nitriles is 1. The van der Waals surface area contributed by atoms with Gasteiger partial charge in [0.15, 0.2) is 23.1 Å². The Hall–Kier alpha value is -4.66. The highest BCUT2D eigenvalue weighted by atomic mass is 16.5. The van der Waals surface area contributed by atoms with E-state index in [1.54, 1.807) is 44.3 Å². The second-order valence-electron chi connectivity index (χ2n) is 11.6. The number of likely N-dealkylation sites (N-methyl/N-ethyl adjacent to an activating group) is 1. The van der Waals surface area contributed by atoms with E-state index >= 15 is 0 Å². The molecule has 0 N–H and O–H groups in total. The molecule has 2 bridgehead atoms. The summed E-state index contributed by atoms with van der Waals surface area (Å²) in [7, 11) is 4.45. The molecule has 0 saturated carbocycles. The Morgan fingerprint density at radius 3 is 1.98 bits per heavy atom. The Morgan fingerprint density at radius 1 is 0.864 bits per heavy atom. The lowest BCUT2D eigenvalue weighted by Crippen LogP contribution is -2.74. The number of ketones is 4. The van der Waals surface area contributed by atoms with Crippen LogP contribution in [0, 0.1) is 11.3 Å². The number of carbonyl (C=O) groups is 5. The molecule has 3 heterocycles. The molecule has 1 fully saturated rings. The summed E-state index contributed by atoms with van der Waals surface area (Å²) in [6.45, 7) is 2.74. The van der Waals surface area contributed by atoms with Gasteiger partial charge >= 0.3 is 5.97 Å². The van der Waals surface area contributed by atoms with Crippen molar-refractivity contribution in [2.45, 2.75) is 56.9 Å². The molecule has 2 aliphatic carbocycles. The molecule has 3 aliphatic heterocycles. The van der Waals surface area contributed by atoms with Crippen LogP contribution in [0.5, 0.6) is 0 Å². The monoisotopic (exact) mass is 597 g/mol. The third-order valence-corrected chi connectivity index (χ3v) is 9.60. The first-order chi connectivity index (χ1) is 21.1. The maximum Gasteiger partial charge on any atom is 0.338 e. The maximum absolute atomic E-state index is 13.9. The van der Waals surface area contributed by atoms with E-state index in [0.29, 0.717) is 11.1 Å². The van der Waals surface area contributed by atoms with Gasteiger partial charge in [0.05, 0.1) is 37.9 Å². The zero-order valence-electron chi connectivity index (χ0n) is 25.0. The van der Waals surface area contributed by atoms with Crippen LogP contribution in [-0.4, -0.2) is 97.0 Å². The van der Waals surface area contributed by atoms with Gasteiger partial charge in [-0.3, -0.25) is 29.0 Å². The summed E-state index contributed by atoms with van der Waals surface area (Å²) in [4.78, 5) is 71.9. The molecule has 0 aromatic heterocycles. The quantitative estimate of drug-likeness (QED) is 0.363. The zero-order valence-corrected chi connectivity index (χ0v) is 25.0. The summed E-state index contributed by atoms with van der Waals surface area (Å²) < 4.78 is 16.5. The van der Waals surface area contributed by atoms with Crippen molar-refractivity contribution in [3.05, 3.63) is 80.9 Å². The molecule has 1 aromatic carbocycles. The number of esters is 1. The van der Waals surface area contributed by atoms with E-state index < -0.39 is 53.5 Å². The zero-order chi connectivity index (χ0) is 31.6. The average Bonchev–Trinajstić information content (AvgIpc) is 3.02. The van der Waals surface area contributed by atoms with Crippen LogP contribution in [0.15, 0.2) is 75.3 Å². The largest absolute Gasteiger partial charge is 0.492 e. The Morgan fingerprint density at radius 2 is 1.41 bits per heavy atom. The normalized spacial score (nSPS) is 28.9. The minimum absolute atomic E-state index is 0.0283. The number of carbonyl (C=O) groups excluding carboxylic acids is 5. The van der Waals surface area contributed by atoms with E-state index in [0.717, 1.165) is 0 Å². The van der Waals surface area contributed by atoms with Crippen molar-refractivity contribution in [2.24, 2.45) is 0 Å². The standard InChI is InChI=1S/C33H31N3O8/c1-15-27(37)18-12-21-26-25-19(28(38)16(2)32(43-5)30(25)40)11-20(35(26)3)22(13-34)36(21)23(24(18)29(39)31(15)42-4)14-44-33(41)17-9-7-6-8-10-17/h6-10,20-23,26H,11-12,14H2,1-5H3/t20-,21-,22-,23-,26-/m0/s1. The Labute approximate surface area is 254 Å². The predicted octanol–water partition coefficient (Wildman–Crippen LogP) is 2.00. The van der Waals surface area contributed by atoms with E-state index in [1.165, 1.54) is 21.1 Å². The number of nitrogens with zero attached hydrogens (tertiary/aromatic N) is 3. The van der Waals surface area contributed by atoms with Crippen LogP contribution in [0.25, 0.3) is 0 Å². The van der Waals surface area contributed by atoms with Crippen molar-refractivity contribution in [3.63, 3.8) is 0 Å². The fourth-order valence-electron chi connectivity index (χ4n) is 7.59. The van der Waals surface area contributed by atoms with Gasteiger partial charge in [-0.1, -0.05) is 18.2 Å². The average molecular weight is 598 g/mol. The van der Waals surface area contributed by atoms with Gasteiger partial charge in [0.1, 0.15) is 12.6 Å². The number of piperazine rings is 1. The van der Waals surface area contributed by atoms with Gasteiger partial charge < -0.3 is 14.2 Å². The highest BCUT2D eigenvalue weighted by molar-refractivity contribution is 6.26. The first-order valence-electron chi connectivity index (χ1n) is 14.3. The summed E-state index contributed by atoms with van der Waals surface area (Å²) in [5.74, 6) is -2.39. The fraction of sp³-hybridized carbons (Fsp3) is 0.394. The Kier molecular flexibility index (Phi) is 7.22. The molecule has 44 heavy (non-hydrogen) atoms. The topological polar surface area (TPSA) is 143 Å². The lowest BCUT2D eigenvalue weighted by atomic mass is 9.67. The third-order valence-electron chi connectivity index (χ3n) is 9.60. The van der Waals surface area contributed by atoms with Crippen LogP contribution < -0.4 is 0 Å². The fourth-order valence-corrected chi connectivity index (χ4v) is 7.59. The number of ether oxygens (including phenoxy) is 3. The van der Waals surface area contributed by atoms with Crippen LogP contribution in [0.4, 0.5) is 0 Å². The lowest BCUT2D eigenvalue weighted by molar-refractivity contribution is -0.126. The molecule has 0 radical (unpaired) electrons. The first-order valence-corrected chi connectivity index (χ1v) is 14.3. The number of rotatable bonds is 5. The number of hydrogen-bond donors (Lipinski definition) is 0. The molecule has 226 valence electrons. The molecule has 0 amide bonds. The van der Waals surface area contributed by atoms with E-state index in [4.69, 9.17) is 14.2 Å². The van der Waals surface area contributed by atoms with E-state index in [2.05, 4.69) is 6.07 Å². The smallest absolute Gasteiger partial charge is 0.338 e. The summed E-state index contributed by atoms with van der Waals surface area (Å²) in [6, 6.07) is 6.93. The maximum atomic E-state index is 13.9.